The van der Waals surface area contributed by atoms with Crippen LogP contribution in [-0.2, 0) is 25.2 Å². The smallest absolute Gasteiger partial charge is 0.267 e. The van der Waals surface area contributed by atoms with Crippen molar-refractivity contribution < 1.29 is 18.0 Å². The summed E-state index contributed by atoms with van der Waals surface area (Å²) in [6, 6.07) is 15.3. The number of allylic oxidation sites excluding steroid dienone is 1. The minimum Gasteiger partial charge on any atom is -0.295 e. The lowest BCUT2D eigenvalue weighted by molar-refractivity contribution is -0.123. The van der Waals surface area contributed by atoms with Gasteiger partial charge in [-0.3, -0.25) is 9.59 Å². The Morgan fingerprint density at radius 2 is 1.68 bits per heavy atom. The third kappa shape index (κ3) is 2.48. The summed E-state index contributed by atoms with van der Waals surface area (Å²) < 4.78 is 28.0. The number of hydrogen-bond donors (Lipinski definition) is 0. The van der Waals surface area contributed by atoms with Gasteiger partial charge in [-0.15, -0.1) is 0 Å². The Balaban J connectivity index is 2.00. The summed E-state index contributed by atoms with van der Waals surface area (Å²) >= 11 is 0. The van der Waals surface area contributed by atoms with Crippen molar-refractivity contribution in [3.63, 3.8) is 0 Å². The number of nitrogens with zero attached hydrogens (tertiary/aromatic N) is 1. The molecule has 1 saturated heterocycles. The minimum absolute atomic E-state index is 0.0282. The van der Waals surface area contributed by atoms with Crippen LogP contribution in [0.4, 0.5) is 0 Å². The van der Waals surface area contributed by atoms with Crippen molar-refractivity contribution in [3.8, 4) is 0 Å². The lowest BCUT2D eigenvalue weighted by atomic mass is 9.72. The van der Waals surface area contributed by atoms with Gasteiger partial charge in [0.2, 0.25) is 0 Å². The highest BCUT2D eigenvalue weighted by atomic mass is 32.2. The average Bonchev–Trinajstić information content (AvgIpc) is 2.91. The van der Waals surface area contributed by atoms with E-state index in [2.05, 4.69) is 6.58 Å². The van der Waals surface area contributed by atoms with Crippen LogP contribution in [0.15, 0.2) is 83.8 Å². The van der Waals surface area contributed by atoms with Gasteiger partial charge in [0.15, 0.2) is 5.78 Å². The topological polar surface area (TPSA) is 71.5 Å². The average molecular weight is 393 g/mol. The normalized spacial score (nSPS) is 24.5. The van der Waals surface area contributed by atoms with Crippen LogP contribution >= 0.6 is 0 Å². The third-order valence-corrected chi connectivity index (χ3v) is 7.29. The van der Waals surface area contributed by atoms with Gasteiger partial charge in [0.05, 0.1) is 4.90 Å². The van der Waals surface area contributed by atoms with Crippen LogP contribution in [0.5, 0.6) is 0 Å². The van der Waals surface area contributed by atoms with E-state index < -0.39 is 27.4 Å². The van der Waals surface area contributed by atoms with E-state index >= 15 is 0 Å². The van der Waals surface area contributed by atoms with Crippen LogP contribution in [0.2, 0.25) is 0 Å². The lowest BCUT2D eigenvalue weighted by Crippen LogP contribution is -2.49. The second kappa shape index (κ2) is 6.27. The summed E-state index contributed by atoms with van der Waals surface area (Å²) in [5, 5.41) is 0. The van der Waals surface area contributed by atoms with Gasteiger partial charge in [-0.2, -0.15) is 0 Å². The van der Waals surface area contributed by atoms with Crippen molar-refractivity contribution >= 4 is 21.7 Å². The molecular formula is C22H19NO4S. The monoisotopic (exact) mass is 393 g/mol. The number of sulfonamides is 1. The Morgan fingerprint density at radius 3 is 2.32 bits per heavy atom. The number of rotatable bonds is 3. The fourth-order valence-corrected chi connectivity index (χ4v) is 5.77. The molecule has 2 aromatic rings. The summed E-state index contributed by atoms with van der Waals surface area (Å²) in [5.41, 5.74) is 0.381. The van der Waals surface area contributed by atoms with Gasteiger partial charge in [0.1, 0.15) is 5.54 Å². The van der Waals surface area contributed by atoms with E-state index in [1.54, 1.807) is 42.5 Å². The van der Waals surface area contributed by atoms with E-state index in [4.69, 9.17) is 0 Å². The van der Waals surface area contributed by atoms with Crippen molar-refractivity contribution in [3.05, 3.63) is 90.0 Å². The fourth-order valence-electron chi connectivity index (χ4n) is 4.05. The number of amides is 1. The number of hydrogen-bond acceptors (Lipinski definition) is 4. The highest BCUT2D eigenvalue weighted by molar-refractivity contribution is 7.89. The number of carbonyl (C=O) groups excluding carboxylic acids is 2. The maximum absolute atomic E-state index is 13.6. The molecule has 2 aliphatic rings. The Bertz CT molecular complexity index is 1120. The summed E-state index contributed by atoms with van der Waals surface area (Å²) in [7, 11) is -4.17. The SMILES string of the molecule is C=C1C(=O)N(S(=O)(=O)c2ccc(C)cc2)[C@]2(c3ccccc3)C=CC(=O)CC12. The summed E-state index contributed by atoms with van der Waals surface area (Å²) in [5.74, 6) is -1.46. The van der Waals surface area contributed by atoms with Gasteiger partial charge in [-0.25, -0.2) is 12.7 Å². The molecule has 1 amide bonds. The largest absolute Gasteiger partial charge is 0.295 e. The zero-order chi connectivity index (χ0) is 20.1. The molecule has 5 nitrogen and oxygen atoms in total. The summed E-state index contributed by atoms with van der Waals surface area (Å²) in [4.78, 5) is 25.3. The molecule has 0 aromatic heterocycles. The molecule has 6 heteroatoms. The first kappa shape index (κ1) is 18.4. The molecule has 28 heavy (non-hydrogen) atoms. The molecule has 2 aromatic carbocycles. The Labute approximate surface area is 164 Å². The van der Waals surface area contributed by atoms with Crippen LogP contribution in [0.25, 0.3) is 0 Å². The summed E-state index contributed by atoms with van der Waals surface area (Å²) in [6.45, 7) is 5.71. The zero-order valence-electron chi connectivity index (χ0n) is 15.3. The molecule has 0 spiro atoms. The Kier molecular flexibility index (Phi) is 4.12. The van der Waals surface area contributed by atoms with Gasteiger partial charge in [0, 0.05) is 17.9 Å². The van der Waals surface area contributed by atoms with Crippen molar-refractivity contribution in [2.24, 2.45) is 5.92 Å². The lowest BCUT2D eigenvalue weighted by Gasteiger charge is -2.40. The van der Waals surface area contributed by atoms with Crippen molar-refractivity contribution in [1.29, 1.82) is 0 Å². The predicted octanol–water partition coefficient (Wildman–Crippen LogP) is 3.12. The van der Waals surface area contributed by atoms with Crippen LogP contribution in [0.1, 0.15) is 17.5 Å². The first-order valence-electron chi connectivity index (χ1n) is 8.91. The number of ketones is 1. The molecule has 1 fully saturated rings. The van der Waals surface area contributed by atoms with E-state index in [9.17, 15) is 18.0 Å². The second-order valence-electron chi connectivity index (χ2n) is 7.16. The number of carbonyl (C=O) groups is 2. The van der Waals surface area contributed by atoms with E-state index in [-0.39, 0.29) is 22.7 Å². The minimum atomic E-state index is -4.17. The molecule has 0 bridgehead atoms. The quantitative estimate of drug-likeness (QED) is 0.751. The van der Waals surface area contributed by atoms with E-state index in [0.29, 0.717) is 5.56 Å². The van der Waals surface area contributed by atoms with Gasteiger partial charge in [-0.05, 0) is 36.8 Å². The fraction of sp³-hybridized carbons (Fsp3) is 0.182. The van der Waals surface area contributed by atoms with Crippen molar-refractivity contribution in [2.75, 3.05) is 0 Å². The first-order chi connectivity index (χ1) is 13.3. The predicted molar refractivity (Wildman–Crippen MR) is 105 cm³/mol. The molecule has 1 aliphatic heterocycles. The Morgan fingerprint density at radius 1 is 1.04 bits per heavy atom. The number of fused-ring (bicyclic) bond motifs is 1. The maximum atomic E-state index is 13.6. The van der Waals surface area contributed by atoms with Crippen LogP contribution in [-0.4, -0.2) is 24.4 Å². The first-order valence-corrected chi connectivity index (χ1v) is 10.4. The Hall–Kier alpha value is -2.99. The molecule has 2 atom stereocenters. The van der Waals surface area contributed by atoms with Crippen molar-refractivity contribution in [1.82, 2.24) is 4.31 Å². The van der Waals surface area contributed by atoms with Crippen LogP contribution in [0, 0.1) is 12.8 Å². The van der Waals surface area contributed by atoms with Gasteiger partial charge in [-0.1, -0.05) is 54.6 Å². The van der Waals surface area contributed by atoms with Crippen molar-refractivity contribution in [2.45, 2.75) is 23.8 Å². The van der Waals surface area contributed by atoms with E-state index in [1.807, 2.05) is 13.0 Å². The highest BCUT2D eigenvalue weighted by Gasteiger charge is 2.60. The molecule has 1 unspecified atom stereocenters. The molecule has 0 radical (unpaired) electrons. The molecular weight excluding hydrogens is 374 g/mol. The third-order valence-electron chi connectivity index (χ3n) is 5.47. The molecule has 1 heterocycles. The molecule has 0 saturated carbocycles. The van der Waals surface area contributed by atoms with Gasteiger partial charge < -0.3 is 0 Å². The van der Waals surface area contributed by atoms with Gasteiger partial charge >= 0.3 is 0 Å². The van der Waals surface area contributed by atoms with Crippen LogP contribution in [0.3, 0.4) is 0 Å². The van der Waals surface area contributed by atoms with Gasteiger partial charge in [0.25, 0.3) is 15.9 Å². The highest BCUT2D eigenvalue weighted by Crippen LogP contribution is 2.53. The van der Waals surface area contributed by atoms with E-state index in [0.717, 1.165) is 9.87 Å². The zero-order valence-corrected chi connectivity index (χ0v) is 16.1. The van der Waals surface area contributed by atoms with Crippen LogP contribution < -0.4 is 0 Å². The second-order valence-corrected chi connectivity index (χ2v) is 8.95. The molecule has 0 N–H and O–H groups in total. The molecule has 142 valence electrons. The standard InChI is InChI=1S/C22H19NO4S/c1-15-8-10-19(11-9-15)28(26,27)23-21(25)16(2)20-14-18(24)12-13-22(20,23)17-6-4-3-5-7-17/h3-13,20H,2,14H2,1H3/t20?,22-/m0/s1. The molecule has 4 rings (SSSR count). The number of benzene rings is 2. The molecule has 1 aliphatic carbocycles. The number of aryl methyl sites for hydroxylation is 1. The van der Waals surface area contributed by atoms with E-state index in [1.165, 1.54) is 18.2 Å². The summed E-state index contributed by atoms with van der Waals surface area (Å²) in [6.07, 6.45) is 2.95. The maximum Gasteiger partial charge on any atom is 0.267 e.